The van der Waals surface area contributed by atoms with Crippen molar-refractivity contribution >= 4 is 33.3 Å². The van der Waals surface area contributed by atoms with Crippen LogP contribution >= 0.6 is 23.1 Å². The van der Waals surface area contributed by atoms with Crippen LogP contribution in [0.4, 0.5) is 0 Å². The molecule has 3 nitrogen and oxygen atoms in total. The van der Waals surface area contributed by atoms with Crippen molar-refractivity contribution in [2.75, 3.05) is 0 Å². The van der Waals surface area contributed by atoms with Crippen molar-refractivity contribution in [2.45, 2.75) is 38.2 Å². The number of thiophene rings is 1. The fourth-order valence-electron chi connectivity index (χ4n) is 2.54. The Hall–Kier alpha value is -1.85. The van der Waals surface area contributed by atoms with Gasteiger partial charge in [-0.2, -0.15) is 0 Å². The molecule has 0 bridgehead atoms. The number of benzene rings is 1. The van der Waals surface area contributed by atoms with E-state index in [9.17, 15) is 4.79 Å². The van der Waals surface area contributed by atoms with Crippen molar-refractivity contribution < 1.29 is 0 Å². The van der Waals surface area contributed by atoms with Crippen molar-refractivity contribution in [1.82, 2.24) is 9.55 Å². The molecule has 0 saturated heterocycles. The summed E-state index contributed by atoms with van der Waals surface area (Å²) in [4.78, 5) is 19.7. The zero-order chi connectivity index (χ0) is 17.3. The first-order valence-electron chi connectivity index (χ1n) is 7.81. The van der Waals surface area contributed by atoms with Gasteiger partial charge in [0.25, 0.3) is 5.56 Å². The third kappa shape index (κ3) is 3.19. The molecular formula is C19H20N2OS2. The monoisotopic (exact) mass is 356 g/mol. The van der Waals surface area contributed by atoms with Crippen LogP contribution in [0.5, 0.6) is 0 Å². The molecule has 2 heterocycles. The minimum Gasteiger partial charge on any atom is -0.283 e. The summed E-state index contributed by atoms with van der Waals surface area (Å²) in [5.41, 5.74) is 3.55. The van der Waals surface area contributed by atoms with Gasteiger partial charge in [0.05, 0.1) is 5.39 Å². The molecule has 0 unspecified atom stereocenters. The molecule has 3 aromatic rings. The van der Waals surface area contributed by atoms with Gasteiger partial charge in [0, 0.05) is 17.2 Å². The molecule has 0 spiro atoms. The average molecular weight is 357 g/mol. The van der Waals surface area contributed by atoms with E-state index in [0.717, 1.165) is 31.6 Å². The first-order valence-corrected chi connectivity index (χ1v) is 9.61. The Kier molecular flexibility index (Phi) is 4.92. The molecular weight excluding hydrogens is 336 g/mol. The minimum absolute atomic E-state index is 0.0353. The van der Waals surface area contributed by atoms with Gasteiger partial charge in [-0.3, -0.25) is 9.36 Å². The molecule has 0 aliphatic heterocycles. The number of aromatic nitrogens is 2. The number of thioether (sulfide) groups is 1. The number of allylic oxidation sites excluding steroid dienone is 1. The van der Waals surface area contributed by atoms with Gasteiger partial charge in [0.1, 0.15) is 4.83 Å². The Labute approximate surface area is 150 Å². The van der Waals surface area contributed by atoms with Crippen LogP contribution in [0.1, 0.15) is 21.6 Å². The van der Waals surface area contributed by atoms with E-state index in [0.29, 0.717) is 6.54 Å². The Bertz CT molecular complexity index is 952. The van der Waals surface area contributed by atoms with Gasteiger partial charge in [-0.05, 0) is 31.9 Å². The van der Waals surface area contributed by atoms with Gasteiger partial charge in [0.2, 0.25) is 0 Å². The molecule has 3 rings (SSSR count). The highest BCUT2D eigenvalue weighted by Crippen LogP contribution is 2.29. The van der Waals surface area contributed by atoms with Gasteiger partial charge < -0.3 is 0 Å². The van der Waals surface area contributed by atoms with Crippen molar-refractivity contribution in [3.05, 3.63) is 68.8 Å². The van der Waals surface area contributed by atoms with E-state index in [-0.39, 0.29) is 5.56 Å². The second kappa shape index (κ2) is 6.95. The largest absolute Gasteiger partial charge is 0.283 e. The molecule has 124 valence electrons. The lowest BCUT2D eigenvalue weighted by molar-refractivity contribution is 0.672. The van der Waals surface area contributed by atoms with Gasteiger partial charge in [-0.1, -0.05) is 47.7 Å². The van der Waals surface area contributed by atoms with E-state index in [1.54, 1.807) is 33.7 Å². The van der Waals surface area contributed by atoms with Crippen molar-refractivity contribution in [2.24, 2.45) is 0 Å². The van der Waals surface area contributed by atoms with Crippen LogP contribution < -0.4 is 5.56 Å². The molecule has 0 atom stereocenters. The molecule has 1 aromatic carbocycles. The maximum Gasteiger partial charge on any atom is 0.263 e. The van der Waals surface area contributed by atoms with E-state index >= 15 is 0 Å². The normalized spacial score (nSPS) is 11.1. The minimum atomic E-state index is 0.0353. The summed E-state index contributed by atoms with van der Waals surface area (Å²) >= 11 is 3.19. The van der Waals surface area contributed by atoms with Crippen LogP contribution in [0.2, 0.25) is 0 Å². The summed E-state index contributed by atoms with van der Waals surface area (Å²) in [6.45, 7) is 10.4. The SMILES string of the molecule is C=CCn1c(SCc2ccc(C)cc2)nc2sc(C)c(C)c2c1=O. The van der Waals surface area contributed by atoms with Gasteiger partial charge in [0.15, 0.2) is 5.16 Å². The first kappa shape index (κ1) is 17.0. The topological polar surface area (TPSA) is 34.9 Å². The Balaban J connectivity index is 2.02. The number of aryl methyl sites for hydroxylation is 3. The molecule has 0 aliphatic carbocycles. The lowest BCUT2D eigenvalue weighted by Gasteiger charge is -2.10. The summed E-state index contributed by atoms with van der Waals surface area (Å²) in [5, 5.41) is 1.51. The Morgan fingerprint density at radius 2 is 1.96 bits per heavy atom. The molecule has 0 aliphatic rings. The maximum absolute atomic E-state index is 12.9. The highest BCUT2D eigenvalue weighted by molar-refractivity contribution is 7.98. The van der Waals surface area contributed by atoms with Crippen LogP contribution in [0.25, 0.3) is 10.2 Å². The Morgan fingerprint density at radius 3 is 2.62 bits per heavy atom. The quantitative estimate of drug-likeness (QED) is 0.372. The van der Waals surface area contributed by atoms with Crippen molar-refractivity contribution in [1.29, 1.82) is 0 Å². The maximum atomic E-state index is 12.9. The molecule has 0 amide bonds. The highest BCUT2D eigenvalue weighted by Gasteiger charge is 2.16. The van der Waals surface area contributed by atoms with Gasteiger partial charge in [-0.25, -0.2) is 4.98 Å². The number of rotatable bonds is 5. The third-order valence-electron chi connectivity index (χ3n) is 4.05. The van der Waals surface area contributed by atoms with Crippen LogP contribution in [-0.2, 0) is 12.3 Å². The molecule has 2 aromatic heterocycles. The van der Waals surface area contributed by atoms with Crippen LogP contribution in [-0.4, -0.2) is 9.55 Å². The predicted molar refractivity (Wildman–Crippen MR) is 104 cm³/mol. The fourth-order valence-corrected chi connectivity index (χ4v) is 4.58. The average Bonchev–Trinajstić information content (AvgIpc) is 2.85. The van der Waals surface area contributed by atoms with E-state index in [1.165, 1.54) is 11.1 Å². The second-order valence-corrected chi connectivity index (χ2v) is 7.98. The summed E-state index contributed by atoms with van der Waals surface area (Å²) in [6, 6.07) is 8.46. The zero-order valence-corrected chi connectivity index (χ0v) is 15.8. The van der Waals surface area contributed by atoms with Crippen molar-refractivity contribution in [3.8, 4) is 0 Å². The third-order valence-corrected chi connectivity index (χ3v) is 6.20. The van der Waals surface area contributed by atoms with Crippen molar-refractivity contribution in [3.63, 3.8) is 0 Å². The molecule has 0 radical (unpaired) electrons. The number of hydrogen-bond acceptors (Lipinski definition) is 4. The molecule has 0 N–H and O–H groups in total. The second-order valence-electron chi connectivity index (χ2n) is 5.84. The Morgan fingerprint density at radius 1 is 1.25 bits per heavy atom. The summed E-state index contributed by atoms with van der Waals surface area (Å²) in [6.07, 6.45) is 1.75. The van der Waals surface area contributed by atoms with Crippen LogP contribution in [0.15, 0.2) is 46.9 Å². The zero-order valence-electron chi connectivity index (χ0n) is 14.1. The number of hydrogen-bond donors (Lipinski definition) is 0. The summed E-state index contributed by atoms with van der Waals surface area (Å²) < 4.78 is 1.73. The van der Waals surface area contributed by atoms with Gasteiger partial charge >= 0.3 is 0 Å². The lowest BCUT2D eigenvalue weighted by Crippen LogP contribution is -2.22. The molecule has 0 fully saturated rings. The standard InChI is InChI=1S/C19H20N2OS2/c1-5-10-21-18(22)16-13(3)14(4)24-17(16)20-19(21)23-11-15-8-6-12(2)7-9-15/h5-9H,1,10-11H2,2-4H3. The predicted octanol–water partition coefficient (Wildman–Crippen LogP) is 4.86. The van der Waals surface area contributed by atoms with E-state index in [4.69, 9.17) is 4.98 Å². The summed E-state index contributed by atoms with van der Waals surface area (Å²) in [5.74, 6) is 0.790. The molecule has 5 heteroatoms. The van der Waals surface area contributed by atoms with E-state index < -0.39 is 0 Å². The fraction of sp³-hybridized carbons (Fsp3) is 0.263. The van der Waals surface area contributed by atoms with E-state index in [1.807, 2.05) is 13.8 Å². The van der Waals surface area contributed by atoms with Crippen LogP contribution in [0, 0.1) is 20.8 Å². The van der Waals surface area contributed by atoms with E-state index in [2.05, 4.69) is 37.8 Å². The summed E-state index contributed by atoms with van der Waals surface area (Å²) in [7, 11) is 0. The number of fused-ring (bicyclic) bond motifs is 1. The highest BCUT2D eigenvalue weighted by atomic mass is 32.2. The molecule has 0 saturated carbocycles. The van der Waals surface area contributed by atoms with Crippen LogP contribution in [0.3, 0.4) is 0 Å². The number of nitrogens with zero attached hydrogens (tertiary/aromatic N) is 2. The lowest BCUT2D eigenvalue weighted by atomic mass is 10.2. The van der Waals surface area contributed by atoms with Gasteiger partial charge in [-0.15, -0.1) is 17.9 Å². The molecule has 24 heavy (non-hydrogen) atoms. The smallest absolute Gasteiger partial charge is 0.263 e. The first-order chi connectivity index (χ1) is 11.5.